The summed E-state index contributed by atoms with van der Waals surface area (Å²) in [5.41, 5.74) is 0.677. The van der Waals surface area contributed by atoms with E-state index in [1.54, 1.807) is 19.2 Å². The van der Waals surface area contributed by atoms with Crippen LogP contribution in [0.5, 0.6) is 11.5 Å². The van der Waals surface area contributed by atoms with Gasteiger partial charge in [0.2, 0.25) is 0 Å². The van der Waals surface area contributed by atoms with Gasteiger partial charge in [-0.25, -0.2) is 0 Å². The molecule has 0 aliphatic heterocycles. The minimum absolute atomic E-state index is 0.121. The largest absolute Gasteiger partial charge is 0.508 e. The van der Waals surface area contributed by atoms with Gasteiger partial charge in [0, 0.05) is 24.3 Å². The highest BCUT2D eigenvalue weighted by atomic mass is 16.5. The number of phenolic OH excluding ortho intramolecular Hbond substituents is 1. The van der Waals surface area contributed by atoms with Crippen LogP contribution in [0.1, 0.15) is 32.3 Å². The first-order valence-electron chi connectivity index (χ1n) is 6.26. The summed E-state index contributed by atoms with van der Waals surface area (Å²) in [4.78, 5) is 0. The number of benzene rings is 1. The van der Waals surface area contributed by atoms with Crippen LogP contribution in [0.3, 0.4) is 0 Å². The van der Waals surface area contributed by atoms with Gasteiger partial charge in [0.1, 0.15) is 11.5 Å². The van der Waals surface area contributed by atoms with Gasteiger partial charge >= 0.3 is 0 Å². The van der Waals surface area contributed by atoms with Crippen molar-refractivity contribution in [3.63, 3.8) is 0 Å². The molecular weight excluding hydrogens is 230 g/mol. The van der Waals surface area contributed by atoms with E-state index in [2.05, 4.69) is 19.2 Å². The summed E-state index contributed by atoms with van der Waals surface area (Å²) in [5.74, 6) is 0.982. The molecule has 0 aliphatic rings. The van der Waals surface area contributed by atoms with E-state index in [4.69, 9.17) is 9.84 Å². The number of phenols is 1. The Bertz CT molecular complexity index is 381. The van der Waals surface area contributed by atoms with Crippen LogP contribution in [-0.2, 0) is 6.54 Å². The second kappa shape index (κ2) is 6.61. The molecule has 18 heavy (non-hydrogen) atoms. The first kappa shape index (κ1) is 14.8. The van der Waals surface area contributed by atoms with E-state index < -0.39 is 0 Å². The lowest BCUT2D eigenvalue weighted by Crippen LogP contribution is -2.42. The van der Waals surface area contributed by atoms with Gasteiger partial charge in [-0.1, -0.05) is 6.92 Å². The molecule has 0 saturated heterocycles. The SMILES string of the molecule is CCC(C)(CCO)NCc1cc(OC)ccc1O. The van der Waals surface area contributed by atoms with Crippen molar-refractivity contribution in [2.24, 2.45) is 0 Å². The zero-order valence-electron chi connectivity index (χ0n) is 11.4. The molecule has 1 atom stereocenters. The quantitative estimate of drug-likeness (QED) is 0.696. The number of aliphatic hydroxyl groups is 1. The number of nitrogens with one attached hydrogen (secondary N) is 1. The van der Waals surface area contributed by atoms with Gasteiger partial charge in [-0.3, -0.25) is 0 Å². The van der Waals surface area contributed by atoms with E-state index in [0.717, 1.165) is 17.7 Å². The predicted octanol–water partition coefficient (Wildman–Crippen LogP) is 2.04. The van der Waals surface area contributed by atoms with Crippen molar-refractivity contribution < 1.29 is 14.9 Å². The van der Waals surface area contributed by atoms with Crippen molar-refractivity contribution >= 4 is 0 Å². The molecule has 102 valence electrons. The van der Waals surface area contributed by atoms with E-state index in [1.807, 2.05) is 6.07 Å². The number of methoxy groups -OCH3 is 1. The Morgan fingerprint density at radius 2 is 2.11 bits per heavy atom. The van der Waals surface area contributed by atoms with Gasteiger partial charge in [-0.15, -0.1) is 0 Å². The molecule has 1 aromatic rings. The van der Waals surface area contributed by atoms with Gasteiger partial charge in [0.15, 0.2) is 0 Å². The lowest BCUT2D eigenvalue weighted by atomic mass is 9.94. The Hall–Kier alpha value is -1.26. The fraction of sp³-hybridized carbons (Fsp3) is 0.571. The van der Waals surface area contributed by atoms with E-state index in [0.29, 0.717) is 13.0 Å². The van der Waals surface area contributed by atoms with Crippen LogP contribution < -0.4 is 10.1 Å². The smallest absolute Gasteiger partial charge is 0.120 e. The molecule has 0 aliphatic carbocycles. The first-order chi connectivity index (χ1) is 8.54. The van der Waals surface area contributed by atoms with Gasteiger partial charge in [0.05, 0.1) is 7.11 Å². The van der Waals surface area contributed by atoms with Gasteiger partial charge in [-0.2, -0.15) is 0 Å². The minimum atomic E-state index is -0.121. The summed E-state index contributed by atoms with van der Waals surface area (Å²) < 4.78 is 5.14. The fourth-order valence-electron chi connectivity index (χ4n) is 1.78. The maximum absolute atomic E-state index is 9.78. The maximum Gasteiger partial charge on any atom is 0.120 e. The molecule has 0 amide bonds. The van der Waals surface area contributed by atoms with Crippen molar-refractivity contribution in [3.8, 4) is 11.5 Å². The first-order valence-corrected chi connectivity index (χ1v) is 6.26. The summed E-state index contributed by atoms with van der Waals surface area (Å²) in [6.45, 7) is 4.85. The minimum Gasteiger partial charge on any atom is -0.508 e. The van der Waals surface area contributed by atoms with Crippen molar-refractivity contribution in [3.05, 3.63) is 23.8 Å². The van der Waals surface area contributed by atoms with Crippen LogP contribution in [-0.4, -0.2) is 29.5 Å². The van der Waals surface area contributed by atoms with Crippen LogP contribution in [0.4, 0.5) is 0 Å². The van der Waals surface area contributed by atoms with Crippen molar-refractivity contribution in [2.45, 2.75) is 38.8 Å². The second-order valence-corrected chi connectivity index (χ2v) is 4.74. The predicted molar refractivity (Wildman–Crippen MR) is 71.9 cm³/mol. The molecular formula is C14H23NO3. The zero-order valence-corrected chi connectivity index (χ0v) is 11.4. The van der Waals surface area contributed by atoms with Gasteiger partial charge in [0.25, 0.3) is 0 Å². The highest BCUT2D eigenvalue weighted by molar-refractivity contribution is 5.39. The average Bonchev–Trinajstić information content (AvgIpc) is 2.38. The second-order valence-electron chi connectivity index (χ2n) is 4.74. The summed E-state index contributed by atoms with van der Waals surface area (Å²) in [6, 6.07) is 5.17. The Morgan fingerprint density at radius 3 is 2.67 bits per heavy atom. The molecule has 1 unspecified atom stereocenters. The topological polar surface area (TPSA) is 61.7 Å². The fourth-order valence-corrected chi connectivity index (χ4v) is 1.78. The molecule has 0 bridgehead atoms. The third-order valence-electron chi connectivity index (χ3n) is 3.44. The van der Waals surface area contributed by atoms with E-state index in [-0.39, 0.29) is 17.9 Å². The third-order valence-corrected chi connectivity index (χ3v) is 3.44. The van der Waals surface area contributed by atoms with Crippen molar-refractivity contribution in [1.82, 2.24) is 5.32 Å². The van der Waals surface area contributed by atoms with Gasteiger partial charge < -0.3 is 20.3 Å². The molecule has 1 rings (SSSR count). The molecule has 4 heteroatoms. The van der Waals surface area contributed by atoms with Crippen LogP contribution in [0.15, 0.2) is 18.2 Å². The Balaban J connectivity index is 2.72. The van der Waals surface area contributed by atoms with E-state index in [1.165, 1.54) is 0 Å². The van der Waals surface area contributed by atoms with Crippen LogP contribution in [0, 0.1) is 0 Å². The number of rotatable bonds is 7. The maximum atomic E-state index is 9.78. The van der Waals surface area contributed by atoms with Crippen molar-refractivity contribution in [1.29, 1.82) is 0 Å². The highest BCUT2D eigenvalue weighted by Crippen LogP contribution is 2.24. The summed E-state index contributed by atoms with van der Waals surface area (Å²) in [6.07, 6.45) is 1.60. The van der Waals surface area contributed by atoms with Crippen LogP contribution in [0.25, 0.3) is 0 Å². The zero-order chi connectivity index (χ0) is 13.6. The monoisotopic (exact) mass is 253 g/mol. The summed E-state index contributed by atoms with van der Waals surface area (Å²) >= 11 is 0. The molecule has 0 saturated carbocycles. The standard InChI is InChI=1S/C14H23NO3/c1-4-14(2,7-8-16)15-10-11-9-12(18-3)5-6-13(11)17/h5-6,9,15-17H,4,7-8,10H2,1-3H3. The van der Waals surface area contributed by atoms with Crippen molar-refractivity contribution in [2.75, 3.05) is 13.7 Å². The number of hydrogen-bond acceptors (Lipinski definition) is 4. The number of aliphatic hydroxyl groups excluding tert-OH is 1. The van der Waals surface area contributed by atoms with Crippen LogP contribution in [0.2, 0.25) is 0 Å². The Labute approximate surface area is 109 Å². The Kier molecular flexibility index (Phi) is 5.44. The molecule has 0 aromatic heterocycles. The molecule has 0 radical (unpaired) electrons. The molecule has 1 aromatic carbocycles. The summed E-state index contributed by atoms with van der Waals surface area (Å²) in [5, 5.41) is 22.2. The number of aromatic hydroxyl groups is 1. The number of ether oxygens (including phenoxy) is 1. The normalized spacial score (nSPS) is 14.2. The van der Waals surface area contributed by atoms with Crippen LogP contribution >= 0.6 is 0 Å². The average molecular weight is 253 g/mol. The number of hydrogen-bond donors (Lipinski definition) is 3. The Morgan fingerprint density at radius 1 is 1.39 bits per heavy atom. The molecule has 0 fully saturated rings. The highest BCUT2D eigenvalue weighted by Gasteiger charge is 2.20. The van der Waals surface area contributed by atoms with E-state index in [9.17, 15) is 5.11 Å². The molecule has 0 spiro atoms. The molecule has 0 heterocycles. The lowest BCUT2D eigenvalue weighted by molar-refractivity contribution is 0.214. The lowest BCUT2D eigenvalue weighted by Gasteiger charge is -2.29. The summed E-state index contributed by atoms with van der Waals surface area (Å²) in [7, 11) is 1.60. The third kappa shape index (κ3) is 3.89. The van der Waals surface area contributed by atoms with Gasteiger partial charge in [-0.05, 0) is 38.0 Å². The van der Waals surface area contributed by atoms with E-state index >= 15 is 0 Å². The molecule has 4 nitrogen and oxygen atoms in total. The molecule has 3 N–H and O–H groups in total.